The van der Waals surface area contributed by atoms with Crippen molar-refractivity contribution in [2.24, 2.45) is 23.5 Å². The zero-order valence-electron chi connectivity index (χ0n) is 9.91. The van der Waals surface area contributed by atoms with Crippen LogP contribution in [0.4, 0.5) is 13.2 Å². The van der Waals surface area contributed by atoms with E-state index in [4.69, 9.17) is 5.73 Å². The van der Waals surface area contributed by atoms with Gasteiger partial charge in [-0.25, -0.2) is 0 Å². The van der Waals surface area contributed by atoms with E-state index in [9.17, 15) is 13.2 Å². The average molecular weight is 275 g/mol. The van der Waals surface area contributed by atoms with E-state index < -0.39 is 17.8 Å². The van der Waals surface area contributed by atoms with E-state index in [2.05, 4.69) is 0 Å². The summed E-state index contributed by atoms with van der Waals surface area (Å²) in [6, 6.07) is -0.442. The zero-order valence-corrected chi connectivity index (χ0v) is 10.7. The number of thiophene rings is 1. The highest BCUT2D eigenvalue weighted by molar-refractivity contribution is 7.08. The normalized spacial score (nSPS) is 33.0. The van der Waals surface area contributed by atoms with Crippen molar-refractivity contribution in [3.63, 3.8) is 0 Å². The second kappa shape index (κ2) is 4.23. The molecular formula is C13H16F3NS. The van der Waals surface area contributed by atoms with Gasteiger partial charge in [0.2, 0.25) is 0 Å². The molecule has 18 heavy (non-hydrogen) atoms. The van der Waals surface area contributed by atoms with Crippen molar-refractivity contribution < 1.29 is 13.2 Å². The topological polar surface area (TPSA) is 26.0 Å². The molecule has 0 saturated heterocycles. The molecule has 1 heterocycles. The molecule has 1 aromatic heterocycles. The first-order valence-electron chi connectivity index (χ1n) is 6.35. The molecule has 1 aromatic rings. The molecule has 0 amide bonds. The maximum atomic E-state index is 12.9. The molecule has 2 N–H and O–H groups in total. The largest absolute Gasteiger partial charge is 0.417 e. The van der Waals surface area contributed by atoms with Crippen LogP contribution in [0.3, 0.4) is 0 Å². The first-order valence-corrected chi connectivity index (χ1v) is 7.30. The second-order valence-corrected chi connectivity index (χ2v) is 6.35. The van der Waals surface area contributed by atoms with Crippen molar-refractivity contribution >= 4 is 11.3 Å². The summed E-state index contributed by atoms with van der Waals surface area (Å²) in [4.78, 5) is 0. The monoisotopic (exact) mass is 275 g/mol. The van der Waals surface area contributed by atoms with Crippen LogP contribution in [-0.2, 0) is 6.18 Å². The van der Waals surface area contributed by atoms with E-state index in [0.717, 1.165) is 24.2 Å². The van der Waals surface area contributed by atoms with Crippen LogP contribution in [0.5, 0.6) is 0 Å². The van der Waals surface area contributed by atoms with Crippen LogP contribution in [-0.4, -0.2) is 0 Å². The lowest BCUT2D eigenvalue weighted by Gasteiger charge is -2.28. The van der Waals surface area contributed by atoms with E-state index in [1.54, 1.807) is 5.38 Å². The van der Waals surface area contributed by atoms with Gasteiger partial charge in [-0.1, -0.05) is 6.42 Å². The molecular weight excluding hydrogens is 259 g/mol. The molecule has 0 aliphatic heterocycles. The van der Waals surface area contributed by atoms with Gasteiger partial charge in [-0.05, 0) is 48.0 Å². The van der Waals surface area contributed by atoms with Crippen LogP contribution in [0.15, 0.2) is 10.8 Å². The molecule has 1 nitrogen and oxygen atoms in total. The third kappa shape index (κ3) is 1.97. The van der Waals surface area contributed by atoms with Crippen LogP contribution in [0, 0.1) is 17.8 Å². The Labute approximate surface area is 108 Å². The van der Waals surface area contributed by atoms with Crippen molar-refractivity contribution in [1.29, 1.82) is 0 Å². The molecule has 2 saturated carbocycles. The Balaban J connectivity index is 1.85. The number of halogens is 3. The third-order valence-electron chi connectivity index (χ3n) is 4.61. The van der Waals surface area contributed by atoms with Gasteiger partial charge in [-0.3, -0.25) is 0 Å². The van der Waals surface area contributed by atoms with Crippen LogP contribution in [0.25, 0.3) is 0 Å². The molecule has 0 radical (unpaired) electrons. The van der Waals surface area contributed by atoms with E-state index in [1.165, 1.54) is 18.2 Å². The molecule has 3 rings (SSSR count). The SMILES string of the molecule is NC(c1cscc1C(F)(F)F)C1CC2CCC1C2. The van der Waals surface area contributed by atoms with Crippen molar-refractivity contribution in [1.82, 2.24) is 0 Å². The van der Waals surface area contributed by atoms with E-state index in [0.29, 0.717) is 17.4 Å². The lowest BCUT2D eigenvalue weighted by Crippen LogP contribution is -2.27. The van der Waals surface area contributed by atoms with E-state index in [-0.39, 0.29) is 5.92 Å². The summed E-state index contributed by atoms with van der Waals surface area (Å²) in [7, 11) is 0. The Kier molecular flexibility index (Phi) is 2.94. The summed E-state index contributed by atoms with van der Waals surface area (Å²) >= 11 is 1.10. The summed E-state index contributed by atoms with van der Waals surface area (Å²) in [5, 5.41) is 2.77. The highest BCUT2D eigenvalue weighted by Gasteiger charge is 2.44. The Morgan fingerprint density at radius 3 is 2.56 bits per heavy atom. The van der Waals surface area contributed by atoms with Gasteiger partial charge in [-0.2, -0.15) is 24.5 Å². The van der Waals surface area contributed by atoms with Crippen LogP contribution < -0.4 is 5.73 Å². The van der Waals surface area contributed by atoms with Crippen molar-refractivity contribution in [2.75, 3.05) is 0 Å². The Hall–Kier alpha value is -0.550. The molecule has 0 spiro atoms. The molecule has 5 heteroatoms. The summed E-state index contributed by atoms with van der Waals surface area (Å²) in [6.07, 6.45) is 0.297. The molecule has 2 fully saturated rings. The summed E-state index contributed by atoms with van der Waals surface area (Å²) in [5.41, 5.74) is 5.92. The molecule has 2 aliphatic carbocycles. The minimum absolute atomic E-state index is 0.249. The predicted molar refractivity (Wildman–Crippen MR) is 65.2 cm³/mol. The number of hydrogen-bond acceptors (Lipinski definition) is 2. The third-order valence-corrected chi connectivity index (χ3v) is 5.37. The number of fused-ring (bicyclic) bond motifs is 2. The van der Waals surface area contributed by atoms with Gasteiger partial charge in [0.05, 0.1) is 5.56 Å². The number of hydrogen-bond donors (Lipinski definition) is 1. The summed E-state index contributed by atoms with van der Waals surface area (Å²) in [5.74, 6) is 1.50. The molecule has 0 aromatic carbocycles. The minimum Gasteiger partial charge on any atom is -0.324 e. The summed E-state index contributed by atoms with van der Waals surface area (Å²) < 4.78 is 38.6. The van der Waals surface area contributed by atoms with Crippen molar-refractivity contribution in [3.8, 4) is 0 Å². The minimum atomic E-state index is -4.27. The van der Waals surface area contributed by atoms with Gasteiger partial charge in [-0.15, -0.1) is 0 Å². The van der Waals surface area contributed by atoms with Gasteiger partial charge in [0.25, 0.3) is 0 Å². The van der Waals surface area contributed by atoms with Crippen molar-refractivity contribution in [3.05, 3.63) is 21.9 Å². The average Bonchev–Trinajstić information content (AvgIpc) is 3.01. The maximum Gasteiger partial charge on any atom is 0.417 e. The van der Waals surface area contributed by atoms with Gasteiger partial charge >= 0.3 is 6.18 Å². The number of rotatable bonds is 2. The number of alkyl halides is 3. The maximum absolute atomic E-state index is 12.9. The van der Waals surface area contributed by atoms with Gasteiger partial charge in [0, 0.05) is 11.4 Å². The first kappa shape index (κ1) is 12.5. The molecule has 2 aliphatic rings. The summed E-state index contributed by atoms with van der Waals surface area (Å²) in [6.45, 7) is 0. The van der Waals surface area contributed by atoms with Crippen molar-refractivity contribution in [2.45, 2.75) is 37.9 Å². The second-order valence-electron chi connectivity index (χ2n) is 5.60. The van der Waals surface area contributed by atoms with Crippen LogP contribution in [0.2, 0.25) is 0 Å². The lowest BCUT2D eigenvalue weighted by atomic mass is 9.80. The van der Waals surface area contributed by atoms with Gasteiger partial charge in [0.1, 0.15) is 0 Å². The van der Waals surface area contributed by atoms with E-state index >= 15 is 0 Å². The molecule has 4 atom stereocenters. The quantitative estimate of drug-likeness (QED) is 0.860. The highest BCUT2D eigenvalue weighted by atomic mass is 32.1. The fourth-order valence-corrected chi connectivity index (χ4v) is 4.66. The fourth-order valence-electron chi connectivity index (χ4n) is 3.76. The van der Waals surface area contributed by atoms with Gasteiger partial charge < -0.3 is 5.73 Å². The fraction of sp³-hybridized carbons (Fsp3) is 0.692. The Morgan fingerprint density at radius 1 is 1.22 bits per heavy atom. The van der Waals surface area contributed by atoms with Crippen LogP contribution >= 0.6 is 11.3 Å². The standard InChI is InChI=1S/C13H16F3NS/c14-13(15,16)11-6-18-5-10(11)12(17)9-4-7-1-2-8(9)3-7/h5-9,12H,1-4,17H2. The molecule has 4 unspecified atom stereocenters. The highest BCUT2D eigenvalue weighted by Crippen LogP contribution is 2.53. The smallest absolute Gasteiger partial charge is 0.324 e. The number of nitrogens with two attached hydrogens (primary N) is 1. The Morgan fingerprint density at radius 2 is 2.00 bits per heavy atom. The molecule has 2 bridgehead atoms. The van der Waals surface area contributed by atoms with Crippen LogP contribution in [0.1, 0.15) is 42.9 Å². The lowest BCUT2D eigenvalue weighted by molar-refractivity contribution is -0.138. The molecule has 100 valence electrons. The van der Waals surface area contributed by atoms with E-state index in [1.807, 2.05) is 0 Å². The van der Waals surface area contributed by atoms with Gasteiger partial charge in [0.15, 0.2) is 0 Å². The first-order chi connectivity index (χ1) is 8.47. The predicted octanol–water partition coefficient (Wildman–Crippen LogP) is 4.20. The zero-order chi connectivity index (χ0) is 12.9. The Bertz CT molecular complexity index is 440.